The number of benzene rings is 2. The van der Waals surface area contributed by atoms with E-state index in [4.69, 9.17) is 37.4 Å². The van der Waals surface area contributed by atoms with Gasteiger partial charge >= 0.3 is 12.2 Å². The van der Waals surface area contributed by atoms with Crippen LogP contribution >= 0.6 is 23.2 Å². The molecule has 1 aliphatic heterocycles. The van der Waals surface area contributed by atoms with E-state index in [-0.39, 0.29) is 6.61 Å². The van der Waals surface area contributed by atoms with Crippen molar-refractivity contribution in [3.8, 4) is 0 Å². The summed E-state index contributed by atoms with van der Waals surface area (Å²) in [4.78, 5) is 26.6. The van der Waals surface area contributed by atoms with E-state index in [1.807, 2.05) is 0 Å². The number of nitrogens with zero attached hydrogens (tertiary/aromatic N) is 1. The second-order valence-electron chi connectivity index (χ2n) is 6.81. The zero-order valence-electron chi connectivity index (χ0n) is 16.7. The van der Waals surface area contributed by atoms with Gasteiger partial charge in [-0.15, -0.1) is 0 Å². The van der Waals surface area contributed by atoms with Gasteiger partial charge in [0.2, 0.25) is 0 Å². The monoisotopic (exact) mass is 467 g/mol. The summed E-state index contributed by atoms with van der Waals surface area (Å²) in [5, 5.41) is 6.20. The van der Waals surface area contributed by atoms with E-state index in [2.05, 4.69) is 15.5 Å². The van der Waals surface area contributed by atoms with Gasteiger partial charge in [0.1, 0.15) is 6.61 Å². The quantitative estimate of drug-likeness (QED) is 0.623. The predicted molar refractivity (Wildman–Crippen MR) is 119 cm³/mol. The van der Waals surface area contributed by atoms with Crippen molar-refractivity contribution >= 4 is 46.8 Å². The highest BCUT2D eigenvalue weighted by Crippen LogP contribution is 2.16. The van der Waals surface area contributed by atoms with Crippen LogP contribution in [0.3, 0.4) is 0 Å². The predicted octanol–water partition coefficient (Wildman–Crippen LogP) is 4.49. The van der Waals surface area contributed by atoms with Crippen LogP contribution in [0.15, 0.2) is 48.5 Å². The van der Waals surface area contributed by atoms with Gasteiger partial charge < -0.3 is 14.2 Å². The fraction of sp³-hybridized carbons (Fsp3) is 0.333. The molecule has 1 aliphatic rings. The molecule has 166 valence electrons. The first-order chi connectivity index (χ1) is 15.0. The van der Waals surface area contributed by atoms with E-state index in [1.54, 1.807) is 48.5 Å². The van der Waals surface area contributed by atoms with E-state index in [0.29, 0.717) is 54.3 Å². The third-order valence-electron chi connectivity index (χ3n) is 4.38. The molecule has 0 unspecified atom stereocenters. The van der Waals surface area contributed by atoms with Gasteiger partial charge in [-0.2, -0.15) is 0 Å². The number of ether oxygens (including phenoxy) is 3. The minimum atomic E-state index is -0.678. The Hall–Kier alpha value is -2.52. The molecule has 2 amide bonds. The Bertz CT molecular complexity index is 893. The van der Waals surface area contributed by atoms with Gasteiger partial charge in [0, 0.05) is 41.1 Å². The topological polar surface area (TPSA) is 89.1 Å². The van der Waals surface area contributed by atoms with Crippen LogP contribution < -0.4 is 10.6 Å². The van der Waals surface area contributed by atoms with Gasteiger partial charge in [0.05, 0.1) is 13.2 Å². The second kappa shape index (κ2) is 11.8. The van der Waals surface area contributed by atoms with Crippen molar-refractivity contribution in [2.75, 3.05) is 50.1 Å². The Labute approximate surface area is 190 Å². The first kappa shape index (κ1) is 23.1. The summed E-state index contributed by atoms with van der Waals surface area (Å²) >= 11 is 11.9. The summed E-state index contributed by atoms with van der Waals surface area (Å²) in [6.45, 7) is 2.87. The van der Waals surface area contributed by atoms with Crippen LogP contribution in [-0.4, -0.2) is 62.6 Å². The number of anilines is 2. The SMILES string of the molecule is O=C(Nc1cccc(Cl)c1)OC[C@@H](CN1CCOCC1)OC(=O)Nc1cccc(Cl)c1. The van der Waals surface area contributed by atoms with Crippen LogP contribution in [0.5, 0.6) is 0 Å². The van der Waals surface area contributed by atoms with E-state index < -0.39 is 18.3 Å². The molecule has 1 saturated heterocycles. The number of hydrogen-bond acceptors (Lipinski definition) is 6. The van der Waals surface area contributed by atoms with Crippen LogP contribution in [0.25, 0.3) is 0 Å². The van der Waals surface area contributed by atoms with E-state index in [1.165, 1.54) is 0 Å². The lowest BCUT2D eigenvalue weighted by molar-refractivity contribution is -0.00498. The maximum Gasteiger partial charge on any atom is 0.412 e. The van der Waals surface area contributed by atoms with Gasteiger partial charge in [0.15, 0.2) is 6.10 Å². The molecular formula is C21H23Cl2N3O5. The van der Waals surface area contributed by atoms with Crippen LogP contribution in [0.1, 0.15) is 0 Å². The molecule has 1 atom stereocenters. The number of hydrogen-bond donors (Lipinski definition) is 2. The van der Waals surface area contributed by atoms with Crippen molar-refractivity contribution < 1.29 is 23.8 Å². The molecule has 8 nitrogen and oxygen atoms in total. The van der Waals surface area contributed by atoms with Crippen molar-refractivity contribution in [3.63, 3.8) is 0 Å². The third kappa shape index (κ3) is 8.26. The first-order valence-electron chi connectivity index (χ1n) is 9.70. The molecule has 0 bridgehead atoms. The molecule has 0 aliphatic carbocycles. The van der Waals surface area contributed by atoms with Crippen molar-refractivity contribution in [2.24, 2.45) is 0 Å². The van der Waals surface area contributed by atoms with Crippen molar-refractivity contribution in [1.29, 1.82) is 0 Å². The average molecular weight is 468 g/mol. The smallest absolute Gasteiger partial charge is 0.412 e. The van der Waals surface area contributed by atoms with E-state index in [0.717, 1.165) is 0 Å². The molecule has 10 heteroatoms. The standard InChI is InChI=1S/C21H23Cl2N3O5/c22-15-3-1-5-17(11-15)24-20(27)30-14-19(13-26-7-9-29-10-8-26)31-21(28)25-18-6-2-4-16(23)12-18/h1-6,11-12,19H,7-10,13-14H2,(H,24,27)(H,25,28)/t19-/m1/s1. The summed E-state index contributed by atoms with van der Waals surface area (Å²) in [6, 6.07) is 13.4. The second-order valence-corrected chi connectivity index (χ2v) is 7.68. The summed E-state index contributed by atoms with van der Waals surface area (Å²) < 4.78 is 16.1. The fourth-order valence-corrected chi connectivity index (χ4v) is 3.33. The Morgan fingerprint density at radius 3 is 2.13 bits per heavy atom. The molecule has 0 radical (unpaired) electrons. The Kier molecular flexibility index (Phi) is 8.78. The van der Waals surface area contributed by atoms with Gasteiger partial charge in [0.25, 0.3) is 0 Å². The van der Waals surface area contributed by atoms with Gasteiger partial charge in [-0.3, -0.25) is 15.5 Å². The fourth-order valence-electron chi connectivity index (χ4n) is 2.95. The normalized spacial score (nSPS) is 15.0. The highest BCUT2D eigenvalue weighted by atomic mass is 35.5. The maximum absolute atomic E-state index is 12.4. The number of amides is 2. The highest BCUT2D eigenvalue weighted by Gasteiger charge is 2.22. The minimum absolute atomic E-state index is 0.118. The maximum atomic E-state index is 12.4. The lowest BCUT2D eigenvalue weighted by Gasteiger charge is -2.30. The molecule has 31 heavy (non-hydrogen) atoms. The summed E-state index contributed by atoms with van der Waals surface area (Å²) in [5.41, 5.74) is 1.00. The molecule has 3 rings (SSSR count). The number of carbonyl (C=O) groups excluding carboxylic acids is 2. The van der Waals surface area contributed by atoms with E-state index in [9.17, 15) is 9.59 Å². The Morgan fingerprint density at radius 2 is 1.55 bits per heavy atom. The van der Waals surface area contributed by atoms with Gasteiger partial charge in [-0.05, 0) is 36.4 Å². The van der Waals surface area contributed by atoms with Crippen molar-refractivity contribution in [1.82, 2.24) is 4.90 Å². The van der Waals surface area contributed by atoms with Crippen molar-refractivity contribution in [3.05, 3.63) is 58.6 Å². The lowest BCUT2D eigenvalue weighted by Crippen LogP contribution is -2.44. The molecule has 2 aromatic carbocycles. The molecule has 0 spiro atoms. The molecule has 2 aromatic rings. The Morgan fingerprint density at radius 1 is 0.968 bits per heavy atom. The zero-order valence-corrected chi connectivity index (χ0v) is 18.2. The van der Waals surface area contributed by atoms with Gasteiger partial charge in [-0.1, -0.05) is 35.3 Å². The van der Waals surface area contributed by atoms with Crippen LogP contribution in [-0.2, 0) is 14.2 Å². The van der Waals surface area contributed by atoms with Crippen LogP contribution in [0.2, 0.25) is 10.0 Å². The summed E-state index contributed by atoms with van der Waals surface area (Å²) in [5.74, 6) is 0. The Balaban J connectivity index is 1.55. The number of carbonyl (C=O) groups is 2. The molecule has 0 saturated carbocycles. The minimum Gasteiger partial charge on any atom is -0.445 e. The first-order valence-corrected chi connectivity index (χ1v) is 10.5. The number of rotatable bonds is 7. The number of nitrogens with one attached hydrogen (secondary N) is 2. The highest BCUT2D eigenvalue weighted by molar-refractivity contribution is 6.31. The molecular weight excluding hydrogens is 445 g/mol. The van der Waals surface area contributed by atoms with Crippen LogP contribution in [0, 0.1) is 0 Å². The van der Waals surface area contributed by atoms with Crippen molar-refractivity contribution in [2.45, 2.75) is 6.10 Å². The molecule has 1 heterocycles. The summed E-state index contributed by atoms with van der Waals surface area (Å²) in [6.07, 6.45) is -2.02. The third-order valence-corrected chi connectivity index (χ3v) is 4.85. The lowest BCUT2D eigenvalue weighted by atomic mass is 10.3. The van der Waals surface area contributed by atoms with Gasteiger partial charge in [-0.25, -0.2) is 9.59 Å². The van der Waals surface area contributed by atoms with E-state index >= 15 is 0 Å². The van der Waals surface area contributed by atoms with Crippen LogP contribution in [0.4, 0.5) is 21.0 Å². The molecule has 1 fully saturated rings. The zero-order chi connectivity index (χ0) is 22.1. The number of halogens is 2. The molecule has 2 N–H and O–H groups in total. The molecule has 0 aromatic heterocycles. The largest absolute Gasteiger partial charge is 0.445 e. The summed E-state index contributed by atoms with van der Waals surface area (Å²) in [7, 11) is 0. The average Bonchev–Trinajstić information content (AvgIpc) is 2.73. The number of morpholine rings is 1.